The lowest BCUT2D eigenvalue weighted by molar-refractivity contribution is -0.697. The van der Waals surface area contributed by atoms with Gasteiger partial charge in [-0.15, -0.1) is 0 Å². The van der Waals surface area contributed by atoms with Gasteiger partial charge in [0.25, 0.3) is 0 Å². The molecule has 0 atom stereocenters. The van der Waals surface area contributed by atoms with Crippen LogP contribution >= 0.6 is 0 Å². The molecule has 1 heterocycles. The molecule has 0 fully saturated rings. The summed E-state index contributed by atoms with van der Waals surface area (Å²) < 4.78 is 2.39. The maximum atomic E-state index is 2.39. The van der Waals surface area contributed by atoms with Crippen LogP contribution in [0.4, 0.5) is 0 Å². The molecule has 0 amide bonds. The number of aryl methyl sites for hydroxylation is 2. The van der Waals surface area contributed by atoms with Crippen LogP contribution in [0.25, 0.3) is 0 Å². The van der Waals surface area contributed by atoms with E-state index in [0.717, 1.165) is 0 Å². The lowest BCUT2D eigenvalue weighted by Crippen LogP contribution is -2.33. The number of unbranched alkanes of at least 4 members (excludes halogenated alkanes) is 12. The number of hydrogen-bond donors (Lipinski definition) is 0. The van der Waals surface area contributed by atoms with Crippen molar-refractivity contribution in [3.05, 3.63) is 30.1 Å². The minimum Gasteiger partial charge on any atom is -0.205 e. The van der Waals surface area contributed by atoms with Gasteiger partial charge < -0.3 is 0 Å². The molecule has 1 heteroatoms. The van der Waals surface area contributed by atoms with Gasteiger partial charge in [0.2, 0.25) is 0 Å². The molecule has 0 N–H and O–H groups in total. The maximum absolute atomic E-state index is 2.39. The molecule has 0 aliphatic heterocycles. The minimum atomic E-state index is 1.19. The summed E-state index contributed by atoms with van der Waals surface area (Å²) >= 11 is 0. The van der Waals surface area contributed by atoms with Crippen molar-refractivity contribution in [3.8, 4) is 0 Å². The fraction of sp³-hybridized carbons (Fsp3) is 0.783. The molecule has 1 rings (SSSR count). The average molecular weight is 333 g/mol. The normalized spacial score (nSPS) is 11.1. The van der Waals surface area contributed by atoms with E-state index in [4.69, 9.17) is 0 Å². The van der Waals surface area contributed by atoms with Gasteiger partial charge >= 0.3 is 0 Å². The highest BCUT2D eigenvalue weighted by atomic mass is 14.9. The van der Waals surface area contributed by atoms with Crippen LogP contribution in [-0.4, -0.2) is 0 Å². The fourth-order valence-corrected chi connectivity index (χ4v) is 3.40. The van der Waals surface area contributed by atoms with E-state index in [-0.39, 0.29) is 0 Å². The molecule has 0 unspecified atom stereocenters. The zero-order valence-corrected chi connectivity index (χ0v) is 16.6. The Morgan fingerprint density at radius 3 is 1.83 bits per heavy atom. The third-order valence-corrected chi connectivity index (χ3v) is 5.01. The van der Waals surface area contributed by atoms with Gasteiger partial charge in [-0.2, -0.15) is 0 Å². The largest absolute Gasteiger partial charge is 0.205 e. The Morgan fingerprint density at radius 1 is 0.667 bits per heavy atom. The summed E-state index contributed by atoms with van der Waals surface area (Å²) in [5.74, 6) is 0. The average Bonchev–Trinajstić information content (AvgIpc) is 2.61. The van der Waals surface area contributed by atoms with Crippen molar-refractivity contribution < 1.29 is 4.57 Å². The van der Waals surface area contributed by atoms with Crippen LogP contribution in [0.1, 0.15) is 109 Å². The van der Waals surface area contributed by atoms with E-state index in [2.05, 4.69) is 42.9 Å². The Bertz CT molecular complexity index is 385. The molecule has 0 saturated carbocycles. The van der Waals surface area contributed by atoms with Gasteiger partial charge in [-0.25, -0.2) is 4.57 Å². The first-order valence-corrected chi connectivity index (χ1v) is 10.8. The summed E-state index contributed by atoms with van der Waals surface area (Å²) in [6.45, 7) is 5.76. The van der Waals surface area contributed by atoms with E-state index < -0.39 is 0 Å². The monoisotopic (exact) mass is 332 g/mol. The van der Waals surface area contributed by atoms with Crippen LogP contribution in [0.3, 0.4) is 0 Å². The third-order valence-electron chi connectivity index (χ3n) is 5.01. The summed E-state index contributed by atoms with van der Waals surface area (Å²) in [5, 5.41) is 0. The van der Waals surface area contributed by atoms with Crippen molar-refractivity contribution >= 4 is 0 Å². The second kappa shape index (κ2) is 15.7. The molecule has 0 aliphatic carbocycles. The number of aromatic nitrogens is 1. The van der Waals surface area contributed by atoms with Crippen molar-refractivity contribution in [1.29, 1.82) is 0 Å². The molecule has 0 aromatic carbocycles. The zero-order chi connectivity index (χ0) is 17.3. The summed E-state index contributed by atoms with van der Waals surface area (Å²) in [6, 6.07) is 4.53. The Labute approximate surface area is 151 Å². The first-order valence-electron chi connectivity index (χ1n) is 10.8. The van der Waals surface area contributed by atoms with Gasteiger partial charge in [-0.1, -0.05) is 84.5 Å². The van der Waals surface area contributed by atoms with Crippen LogP contribution < -0.4 is 4.57 Å². The molecule has 0 radical (unpaired) electrons. The van der Waals surface area contributed by atoms with E-state index in [1.54, 1.807) is 0 Å². The lowest BCUT2D eigenvalue weighted by atomic mass is 10.0. The molecular weight excluding hydrogens is 290 g/mol. The van der Waals surface area contributed by atoms with Gasteiger partial charge in [0.1, 0.15) is 6.54 Å². The Hall–Kier alpha value is -0.850. The predicted molar refractivity (Wildman–Crippen MR) is 106 cm³/mol. The molecule has 0 aliphatic rings. The van der Waals surface area contributed by atoms with E-state index in [9.17, 15) is 0 Å². The zero-order valence-electron chi connectivity index (χ0n) is 16.6. The number of nitrogens with zero attached hydrogens (tertiary/aromatic N) is 1. The number of pyridine rings is 1. The van der Waals surface area contributed by atoms with Gasteiger partial charge in [0.15, 0.2) is 12.4 Å². The number of hydrogen-bond acceptors (Lipinski definition) is 0. The summed E-state index contributed by atoms with van der Waals surface area (Å²) in [7, 11) is 0. The summed E-state index contributed by atoms with van der Waals surface area (Å²) in [6.07, 6.45) is 25.5. The third kappa shape index (κ3) is 11.6. The van der Waals surface area contributed by atoms with Crippen molar-refractivity contribution in [3.63, 3.8) is 0 Å². The quantitative estimate of drug-likeness (QED) is 0.226. The van der Waals surface area contributed by atoms with Gasteiger partial charge in [0.05, 0.1) is 0 Å². The highest BCUT2D eigenvalue weighted by Gasteiger charge is 2.03. The maximum Gasteiger partial charge on any atom is 0.171 e. The highest BCUT2D eigenvalue weighted by Crippen LogP contribution is 2.12. The van der Waals surface area contributed by atoms with Crippen LogP contribution in [0.5, 0.6) is 0 Å². The first kappa shape index (κ1) is 21.2. The topological polar surface area (TPSA) is 3.88 Å². The van der Waals surface area contributed by atoms with Crippen molar-refractivity contribution in [1.82, 2.24) is 0 Å². The Kier molecular flexibility index (Phi) is 13.8. The van der Waals surface area contributed by atoms with E-state index in [1.807, 2.05) is 0 Å². The SMILES string of the molecule is CCCCCCCCCCCCc1ccc[n+](CCCCCC)c1. The molecule has 0 spiro atoms. The second-order valence-electron chi connectivity index (χ2n) is 7.44. The molecule has 24 heavy (non-hydrogen) atoms. The van der Waals surface area contributed by atoms with Crippen molar-refractivity contribution in [2.24, 2.45) is 0 Å². The minimum absolute atomic E-state index is 1.19. The first-order chi connectivity index (χ1) is 11.9. The molecule has 1 nitrogen and oxygen atoms in total. The predicted octanol–water partition coefficient (Wildman–Crippen LogP) is 7.02. The van der Waals surface area contributed by atoms with E-state index in [0.29, 0.717) is 0 Å². The van der Waals surface area contributed by atoms with Crippen LogP contribution in [0.15, 0.2) is 24.5 Å². The molecule has 138 valence electrons. The smallest absolute Gasteiger partial charge is 0.171 e. The van der Waals surface area contributed by atoms with Crippen LogP contribution in [-0.2, 0) is 13.0 Å². The van der Waals surface area contributed by atoms with E-state index >= 15 is 0 Å². The van der Waals surface area contributed by atoms with Crippen LogP contribution in [0, 0.1) is 0 Å². The lowest BCUT2D eigenvalue weighted by Gasteiger charge is -2.03. The standard InChI is InChI=1S/C23H42N/c1-3-5-7-9-10-11-12-13-14-15-18-23-19-17-21-24(22-23)20-16-8-6-4-2/h17,19,21-22H,3-16,18,20H2,1-2H3/q+1. The Balaban J connectivity index is 2.02. The second-order valence-corrected chi connectivity index (χ2v) is 7.44. The fourth-order valence-electron chi connectivity index (χ4n) is 3.40. The number of rotatable bonds is 16. The molecular formula is C23H42N+. The van der Waals surface area contributed by atoms with Crippen molar-refractivity contribution in [2.45, 2.75) is 117 Å². The van der Waals surface area contributed by atoms with E-state index in [1.165, 1.54) is 108 Å². The Morgan fingerprint density at radius 2 is 1.21 bits per heavy atom. The molecule has 0 bridgehead atoms. The molecule has 1 aromatic heterocycles. The molecule has 0 saturated heterocycles. The summed E-state index contributed by atoms with van der Waals surface area (Å²) in [5.41, 5.74) is 1.52. The summed E-state index contributed by atoms with van der Waals surface area (Å²) in [4.78, 5) is 0. The van der Waals surface area contributed by atoms with Crippen LogP contribution in [0.2, 0.25) is 0 Å². The van der Waals surface area contributed by atoms with Crippen molar-refractivity contribution in [2.75, 3.05) is 0 Å². The van der Waals surface area contributed by atoms with Gasteiger partial charge in [-0.3, -0.25) is 0 Å². The highest BCUT2D eigenvalue weighted by molar-refractivity contribution is 5.05. The van der Waals surface area contributed by atoms with Gasteiger partial charge in [-0.05, 0) is 25.3 Å². The van der Waals surface area contributed by atoms with Gasteiger partial charge in [0, 0.05) is 18.1 Å². The molecule has 1 aromatic rings.